The molecule has 1 fully saturated rings. The van der Waals surface area contributed by atoms with Crippen molar-refractivity contribution in [3.8, 4) is 0 Å². The zero-order valence-corrected chi connectivity index (χ0v) is 17.9. The van der Waals surface area contributed by atoms with Crippen LogP contribution in [-0.4, -0.2) is 56.9 Å². The second-order valence-corrected chi connectivity index (χ2v) is 8.56. The molecule has 4 heterocycles. The van der Waals surface area contributed by atoms with Crippen LogP contribution in [0, 0.1) is 5.41 Å². The number of rotatable bonds is 3. The molecule has 0 atom stereocenters. The number of carbonyl (C=O) groups is 1. The number of piperazine rings is 1. The van der Waals surface area contributed by atoms with Crippen molar-refractivity contribution < 1.29 is 18.0 Å². The average molecular weight is 448 g/mol. The van der Waals surface area contributed by atoms with E-state index < -0.39 is 17.4 Å². The molecule has 0 aliphatic carbocycles. The second-order valence-electron chi connectivity index (χ2n) is 8.56. The van der Waals surface area contributed by atoms with Gasteiger partial charge in [0, 0.05) is 31.6 Å². The second kappa shape index (κ2) is 7.92. The zero-order chi connectivity index (χ0) is 23.1. The third kappa shape index (κ3) is 4.43. The fourth-order valence-electron chi connectivity index (χ4n) is 3.27. The molecule has 0 saturated carbocycles. The van der Waals surface area contributed by atoms with E-state index in [0.717, 1.165) is 10.2 Å². The maximum Gasteiger partial charge on any atom is 0.453 e. The molecule has 0 aromatic carbocycles. The molecule has 1 amide bonds. The third-order valence-corrected chi connectivity index (χ3v) is 5.14. The first kappa shape index (κ1) is 21.8. The molecule has 4 rings (SSSR count). The first-order valence-electron chi connectivity index (χ1n) is 10.1. The topological polar surface area (TPSA) is 91.6 Å². The lowest BCUT2D eigenvalue weighted by molar-refractivity contribution is -0.146. The molecule has 0 spiro atoms. The van der Waals surface area contributed by atoms with E-state index in [-0.39, 0.29) is 11.6 Å². The summed E-state index contributed by atoms with van der Waals surface area (Å²) < 4.78 is 40.1. The van der Waals surface area contributed by atoms with Gasteiger partial charge in [-0.2, -0.15) is 17.7 Å². The molecule has 0 unspecified atom stereocenters. The normalized spacial score (nSPS) is 15.3. The van der Waals surface area contributed by atoms with Crippen molar-refractivity contribution >= 4 is 28.9 Å². The maximum absolute atomic E-state index is 13.1. The summed E-state index contributed by atoms with van der Waals surface area (Å²) in [5.41, 5.74) is 0.436. The van der Waals surface area contributed by atoms with E-state index >= 15 is 0 Å². The molecule has 3 aromatic rings. The molecule has 1 aliphatic rings. The summed E-state index contributed by atoms with van der Waals surface area (Å²) in [6.45, 7) is 7.92. The van der Waals surface area contributed by atoms with Gasteiger partial charge in [0.2, 0.25) is 5.91 Å². The Labute approximate surface area is 182 Å². The smallest absolute Gasteiger partial charge is 0.367 e. The summed E-state index contributed by atoms with van der Waals surface area (Å²) in [4.78, 5) is 20.4. The van der Waals surface area contributed by atoms with Crippen molar-refractivity contribution in [1.29, 1.82) is 0 Å². The van der Waals surface area contributed by atoms with Crippen molar-refractivity contribution in [3.05, 3.63) is 36.3 Å². The Balaban J connectivity index is 1.42. The van der Waals surface area contributed by atoms with E-state index in [0.29, 0.717) is 37.8 Å². The highest BCUT2D eigenvalue weighted by molar-refractivity contribution is 5.93. The number of halogens is 3. The van der Waals surface area contributed by atoms with Gasteiger partial charge in [0.15, 0.2) is 5.65 Å². The summed E-state index contributed by atoms with van der Waals surface area (Å²) in [6.07, 6.45) is -2.93. The Morgan fingerprint density at radius 3 is 2.25 bits per heavy atom. The van der Waals surface area contributed by atoms with E-state index in [2.05, 4.69) is 30.5 Å². The fourth-order valence-corrected chi connectivity index (χ4v) is 3.27. The number of alkyl halides is 3. The molecule has 32 heavy (non-hydrogen) atoms. The van der Waals surface area contributed by atoms with E-state index in [1.54, 1.807) is 18.3 Å². The highest BCUT2D eigenvalue weighted by atomic mass is 19.4. The molecule has 1 aliphatic heterocycles. The highest BCUT2D eigenvalue weighted by Gasteiger charge is 2.38. The van der Waals surface area contributed by atoms with Crippen LogP contribution < -0.4 is 15.1 Å². The van der Waals surface area contributed by atoms with Crippen LogP contribution in [0.25, 0.3) is 5.65 Å². The van der Waals surface area contributed by atoms with E-state index in [9.17, 15) is 18.0 Å². The number of carbonyl (C=O) groups excluding carboxylic acids is 1. The lowest BCUT2D eigenvalue weighted by Crippen LogP contribution is -2.47. The van der Waals surface area contributed by atoms with Crippen molar-refractivity contribution in [3.63, 3.8) is 0 Å². The largest absolute Gasteiger partial charge is 0.453 e. The van der Waals surface area contributed by atoms with Crippen LogP contribution in [0.2, 0.25) is 0 Å². The molecular weight excluding hydrogens is 425 g/mol. The van der Waals surface area contributed by atoms with Gasteiger partial charge in [-0.3, -0.25) is 4.79 Å². The van der Waals surface area contributed by atoms with Crippen molar-refractivity contribution in [2.45, 2.75) is 26.9 Å². The van der Waals surface area contributed by atoms with Gasteiger partial charge >= 0.3 is 6.18 Å². The van der Waals surface area contributed by atoms with Gasteiger partial charge in [-0.1, -0.05) is 20.8 Å². The summed E-state index contributed by atoms with van der Waals surface area (Å²) in [5, 5.41) is 13.6. The standard InChI is InChI=1S/C20H23F3N8O/c1-19(2,3)18(32)25-14-5-4-13(12-24-14)29-8-10-30(11-9-29)16-7-6-15-26-27-17(20(21,22)23)31(15)28-16/h4-7,12H,8-11H2,1-3H3,(H,24,25,32). The van der Waals surface area contributed by atoms with Gasteiger partial charge in [0.25, 0.3) is 5.82 Å². The number of amides is 1. The minimum Gasteiger partial charge on any atom is -0.367 e. The Kier molecular flexibility index (Phi) is 5.39. The number of nitrogens with zero attached hydrogens (tertiary/aromatic N) is 7. The number of hydrogen-bond acceptors (Lipinski definition) is 7. The van der Waals surface area contributed by atoms with E-state index in [1.165, 1.54) is 6.07 Å². The van der Waals surface area contributed by atoms with Gasteiger partial charge in [-0.25, -0.2) is 4.98 Å². The van der Waals surface area contributed by atoms with Gasteiger partial charge in [0.05, 0.1) is 11.9 Å². The van der Waals surface area contributed by atoms with E-state index in [1.807, 2.05) is 31.7 Å². The van der Waals surface area contributed by atoms with Crippen LogP contribution in [-0.2, 0) is 11.0 Å². The van der Waals surface area contributed by atoms with Gasteiger partial charge < -0.3 is 15.1 Å². The van der Waals surface area contributed by atoms with Crippen LogP contribution in [0.15, 0.2) is 30.5 Å². The zero-order valence-electron chi connectivity index (χ0n) is 17.9. The fraction of sp³-hybridized carbons (Fsp3) is 0.450. The highest BCUT2D eigenvalue weighted by Crippen LogP contribution is 2.28. The predicted molar refractivity (Wildman–Crippen MR) is 113 cm³/mol. The molecular formula is C20H23F3N8O. The van der Waals surface area contributed by atoms with Gasteiger partial charge in [0.1, 0.15) is 11.6 Å². The molecule has 0 bridgehead atoms. The predicted octanol–water partition coefficient (Wildman–Crippen LogP) is 2.85. The quantitative estimate of drug-likeness (QED) is 0.659. The molecule has 3 aromatic heterocycles. The number of aromatic nitrogens is 5. The van der Waals surface area contributed by atoms with Crippen LogP contribution >= 0.6 is 0 Å². The monoisotopic (exact) mass is 448 g/mol. The minimum absolute atomic E-state index is 0.0458. The van der Waals surface area contributed by atoms with Crippen molar-refractivity contribution in [2.24, 2.45) is 5.41 Å². The first-order chi connectivity index (χ1) is 15.0. The number of nitrogens with one attached hydrogen (secondary N) is 1. The van der Waals surface area contributed by atoms with Crippen LogP contribution in [0.3, 0.4) is 0 Å². The van der Waals surface area contributed by atoms with Gasteiger partial charge in [-0.15, -0.1) is 15.3 Å². The Morgan fingerprint density at radius 2 is 1.66 bits per heavy atom. The molecule has 170 valence electrons. The first-order valence-corrected chi connectivity index (χ1v) is 10.1. The summed E-state index contributed by atoms with van der Waals surface area (Å²) in [6, 6.07) is 6.77. The number of hydrogen-bond donors (Lipinski definition) is 1. The van der Waals surface area contributed by atoms with Crippen molar-refractivity contribution in [2.75, 3.05) is 41.3 Å². The number of fused-ring (bicyclic) bond motifs is 1. The summed E-state index contributed by atoms with van der Waals surface area (Å²) >= 11 is 0. The summed E-state index contributed by atoms with van der Waals surface area (Å²) in [7, 11) is 0. The summed E-state index contributed by atoms with van der Waals surface area (Å²) in [5.74, 6) is -0.338. The molecule has 9 nitrogen and oxygen atoms in total. The maximum atomic E-state index is 13.1. The lowest BCUT2D eigenvalue weighted by atomic mass is 9.96. The van der Waals surface area contributed by atoms with Crippen LogP contribution in [0.5, 0.6) is 0 Å². The Morgan fingerprint density at radius 1 is 0.969 bits per heavy atom. The van der Waals surface area contributed by atoms with Crippen LogP contribution in [0.1, 0.15) is 26.6 Å². The Bertz CT molecular complexity index is 1110. The van der Waals surface area contributed by atoms with Gasteiger partial charge in [-0.05, 0) is 24.3 Å². The van der Waals surface area contributed by atoms with Crippen molar-refractivity contribution in [1.82, 2.24) is 24.8 Å². The molecule has 1 saturated heterocycles. The molecule has 0 radical (unpaired) electrons. The number of pyridine rings is 1. The lowest BCUT2D eigenvalue weighted by Gasteiger charge is -2.36. The molecule has 1 N–H and O–H groups in total. The minimum atomic E-state index is -4.63. The number of anilines is 3. The average Bonchev–Trinajstić information content (AvgIpc) is 3.17. The molecule has 12 heteroatoms. The van der Waals surface area contributed by atoms with E-state index in [4.69, 9.17) is 0 Å². The van der Waals surface area contributed by atoms with Crippen LogP contribution in [0.4, 0.5) is 30.5 Å². The Hall–Kier alpha value is -3.44. The SMILES string of the molecule is CC(C)(C)C(=O)Nc1ccc(N2CCN(c3ccc4nnc(C(F)(F)F)n4n3)CC2)cn1. The third-order valence-electron chi connectivity index (χ3n) is 5.14.